The molecule has 0 bridgehead atoms. The number of nitrogens with zero attached hydrogens (tertiary/aromatic N) is 1. The summed E-state index contributed by atoms with van der Waals surface area (Å²) in [5.41, 5.74) is 0. The molecular formula is C10H16ClNO4S3. The van der Waals surface area contributed by atoms with Gasteiger partial charge in [0.25, 0.3) is 0 Å². The molecule has 1 aromatic rings. The van der Waals surface area contributed by atoms with Crippen molar-refractivity contribution in [2.45, 2.75) is 17.7 Å². The van der Waals surface area contributed by atoms with E-state index in [0.29, 0.717) is 4.88 Å². The van der Waals surface area contributed by atoms with E-state index in [0.717, 1.165) is 15.4 Å². The van der Waals surface area contributed by atoms with Crippen LogP contribution in [0.2, 0.25) is 0 Å². The van der Waals surface area contributed by atoms with E-state index < -0.39 is 19.9 Å². The van der Waals surface area contributed by atoms with Crippen molar-refractivity contribution < 1.29 is 16.8 Å². The summed E-state index contributed by atoms with van der Waals surface area (Å²) in [5.74, 6) is 0.0579. The van der Waals surface area contributed by atoms with Crippen LogP contribution in [0.1, 0.15) is 9.75 Å². The first-order valence-electron chi connectivity index (χ1n) is 5.37. The first-order valence-corrected chi connectivity index (χ1v) is 10.2. The van der Waals surface area contributed by atoms with Crippen molar-refractivity contribution >= 4 is 42.8 Å². The Bertz CT molecular complexity index is 648. The maximum absolute atomic E-state index is 12.3. The van der Waals surface area contributed by atoms with Gasteiger partial charge in [0.1, 0.15) is 9.84 Å². The molecule has 0 amide bonds. The Morgan fingerprint density at radius 2 is 1.89 bits per heavy atom. The summed E-state index contributed by atoms with van der Waals surface area (Å²) in [7, 11) is -5.48. The van der Waals surface area contributed by atoms with Gasteiger partial charge in [-0.2, -0.15) is 4.31 Å². The zero-order valence-electron chi connectivity index (χ0n) is 10.9. The van der Waals surface area contributed by atoms with Gasteiger partial charge in [0, 0.05) is 29.6 Å². The Hall–Kier alpha value is -0.150. The van der Waals surface area contributed by atoms with Gasteiger partial charge in [-0.05, 0) is 13.0 Å². The Balaban J connectivity index is 2.99. The number of rotatable bonds is 6. The van der Waals surface area contributed by atoms with E-state index in [-0.39, 0.29) is 23.1 Å². The molecule has 0 unspecified atom stereocenters. The second kappa shape index (κ2) is 6.09. The monoisotopic (exact) mass is 345 g/mol. The summed E-state index contributed by atoms with van der Waals surface area (Å²) in [4.78, 5) is 1.63. The molecule has 1 aromatic heterocycles. The average Bonchev–Trinajstić information content (AvgIpc) is 2.67. The average molecular weight is 346 g/mol. The largest absolute Gasteiger partial charge is 0.243 e. The van der Waals surface area contributed by atoms with E-state index in [4.69, 9.17) is 11.6 Å². The van der Waals surface area contributed by atoms with Crippen molar-refractivity contribution in [3.8, 4) is 0 Å². The van der Waals surface area contributed by atoms with Gasteiger partial charge in [-0.3, -0.25) is 0 Å². The molecule has 0 aromatic carbocycles. The van der Waals surface area contributed by atoms with Gasteiger partial charge in [0.2, 0.25) is 10.0 Å². The summed E-state index contributed by atoms with van der Waals surface area (Å²) in [6, 6.07) is 1.54. The lowest BCUT2D eigenvalue weighted by Gasteiger charge is -2.16. The number of hydrogen-bond donors (Lipinski definition) is 0. The second-order valence-corrected chi connectivity index (χ2v) is 10.1. The third-order valence-electron chi connectivity index (χ3n) is 2.52. The van der Waals surface area contributed by atoms with Crippen LogP contribution in [0.4, 0.5) is 0 Å². The standard InChI is InChI=1S/C10H16ClNO4S3/c1-8-10(6-9(7-11)17-8)19(15,16)12(2)4-5-18(3,13)14/h6H,4-5,7H2,1-3H3. The van der Waals surface area contributed by atoms with Crippen LogP contribution >= 0.6 is 22.9 Å². The van der Waals surface area contributed by atoms with Crippen LogP contribution < -0.4 is 0 Å². The van der Waals surface area contributed by atoms with Crippen molar-refractivity contribution in [1.29, 1.82) is 0 Å². The molecule has 0 N–H and O–H groups in total. The molecule has 0 fully saturated rings. The minimum absolute atomic E-state index is 0.0628. The van der Waals surface area contributed by atoms with Crippen LogP contribution in [0.3, 0.4) is 0 Å². The molecule has 0 aliphatic carbocycles. The van der Waals surface area contributed by atoms with Crippen molar-refractivity contribution in [2.75, 3.05) is 25.6 Å². The molecule has 0 aliphatic rings. The highest BCUT2D eigenvalue weighted by atomic mass is 35.5. The normalized spacial score (nSPS) is 13.1. The van der Waals surface area contributed by atoms with Gasteiger partial charge < -0.3 is 0 Å². The highest BCUT2D eigenvalue weighted by molar-refractivity contribution is 7.91. The predicted octanol–water partition coefficient (Wildman–Crippen LogP) is 1.46. The third kappa shape index (κ3) is 4.42. The molecule has 0 spiro atoms. The van der Waals surface area contributed by atoms with Crippen molar-refractivity contribution in [2.24, 2.45) is 0 Å². The maximum Gasteiger partial charge on any atom is 0.243 e. The smallest absolute Gasteiger partial charge is 0.229 e. The van der Waals surface area contributed by atoms with Crippen LogP contribution in [-0.2, 0) is 25.7 Å². The molecule has 110 valence electrons. The lowest BCUT2D eigenvalue weighted by atomic mass is 10.4. The fraction of sp³-hybridized carbons (Fsp3) is 0.600. The van der Waals surface area contributed by atoms with Crippen molar-refractivity contribution in [1.82, 2.24) is 4.31 Å². The second-order valence-electron chi connectivity index (χ2n) is 4.22. The molecule has 0 atom stereocenters. The van der Waals surface area contributed by atoms with Gasteiger partial charge in [0.05, 0.1) is 16.5 Å². The van der Waals surface area contributed by atoms with E-state index in [1.165, 1.54) is 18.4 Å². The fourth-order valence-corrected chi connectivity index (χ4v) is 5.01. The van der Waals surface area contributed by atoms with E-state index in [1.54, 1.807) is 13.0 Å². The summed E-state index contributed by atoms with van der Waals surface area (Å²) < 4.78 is 47.8. The summed E-state index contributed by atoms with van der Waals surface area (Å²) in [6.07, 6.45) is 1.08. The summed E-state index contributed by atoms with van der Waals surface area (Å²) in [6.45, 7) is 1.64. The number of halogens is 1. The maximum atomic E-state index is 12.3. The fourth-order valence-electron chi connectivity index (χ4n) is 1.43. The Morgan fingerprint density at radius 1 is 1.32 bits per heavy atom. The first-order chi connectivity index (χ1) is 8.58. The zero-order chi connectivity index (χ0) is 14.8. The molecule has 9 heteroatoms. The number of aryl methyl sites for hydroxylation is 1. The molecule has 0 radical (unpaired) electrons. The third-order valence-corrected chi connectivity index (χ3v) is 7.05. The zero-order valence-corrected chi connectivity index (χ0v) is 14.1. The van der Waals surface area contributed by atoms with E-state index in [1.807, 2.05) is 0 Å². The molecule has 19 heavy (non-hydrogen) atoms. The Kier molecular flexibility index (Phi) is 5.42. The van der Waals surface area contributed by atoms with Crippen molar-refractivity contribution in [3.63, 3.8) is 0 Å². The lowest BCUT2D eigenvalue weighted by molar-refractivity contribution is 0.484. The first kappa shape index (κ1) is 16.9. The van der Waals surface area contributed by atoms with Crippen LogP contribution in [-0.4, -0.2) is 46.7 Å². The molecule has 0 saturated heterocycles. The number of alkyl halides is 1. The van der Waals surface area contributed by atoms with Gasteiger partial charge in [0.15, 0.2) is 0 Å². The van der Waals surface area contributed by atoms with Gasteiger partial charge >= 0.3 is 0 Å². The topological polar surface area (TPSA) is 71.5 Å². The van der Waals surface area contributed by atoms with Crippen LogP contribution in [0.15, 0.2) is 11.0 Å². The molecule has 1 heterocycles. The van der Waals surface area contributed by atoms with Gasteiger partial charge in [-0.25, -0.2) is 16.8 Å². The minimum Gasteiger partial charge on any atom is -0.229 e. The molecular weight excluding hydrogens is 330 g/mol. The number of hydrogen-bond acceptors (Lipinski definition) is 5. The number of thiophene rings is 1. The Labute approximate surface area is 123 Å². The molecule has 5 nitrogen and oxygen atoms in total. The SMILES string of the molecule is Cc1sc(CCl)cc1S(=O)(=O)N(C)CCS(C)(=O)=O. The highest BCUT2D eigenvalue weighted by Crippen LogP contribution is 2.28. The van der Waals surface area contributed by atoms with Gasteiger partial charge in [-0.15, -0.1) is 22.9 Å². The Morgan fingerprint density at radius 3 is 2.32 bits per heavy atom. The number of sulfone groups is 1. The van der Waals surface area contributed by atoms with E-state index >= 15 is 0 Å². The van der Waals surface area contributed by atoms with Crippen LogP contribution in [0.5, 0.6) is 0 Å². The van der Waals surface area contributed by atoms with E-state index in [2.05, 4.69) is 0 Å². The van der Waals surface area contributed by atoms with E-state index in [9.17, 15) is 16.8 Å². The van der Waals surface area contributed by atoms with Crippen LogP contribution in [0.25, 0.3) is 0 Å². The summed E-state index contributed by atoms with van der Waals surface area (Å²) >= 11 is 7.01. The molecule has 0 saturated carbocycles. The summed E-state index contributed by atoms with van der Waals surface area (Å²) in [5, 5.41) is 0. The lowest BCUT2D eigenvalue weighted by Crippen LogP contribution is -2.31. The quantitative estimate of drug-likeness (QED) is 0.732. The highest BCUT2D eigenvalue weighted by Gasteiger charge is 2.25. The molecule has 0 aliphatic heterocycles. The number of sulfonamides is 1. The predicted molar refractivity (Wildman–Crippen MR) is 78.1 cm³/mol. The van der Waals surface area contributed by atoms with Crippen molar-refractivity contribution in [3.05, 3.63) is 15.8 Å². The minimum atomic E-state index is -3.66. The van der Waals surface area contributed by atoms with Crippen LogP contribution in [0, 0.1) is 6.92 Å². The van der Waals surface area contributed by atoms with Gasteiger partial charge in [-0.1, -0.05) is 0 Å². The molecule has 1 rings (SSSR count).